The molecular formula is C28H31BrN3O3P. The molecular weight excluding hydrogens is 537 g/mol. The van der Waals surface area contributed by atoms with Crippen LogP contribution in [0.5, 0.6) is 0 Å². The molecule has 1 aromatic heterocycles. The Hall–Kier alpha value is -2.57. The van der Waals surface area contributed by atoms with E-state index >= 15 is 0 Å². The van der Waals surface area contributed by atoms with Crippen molar-refractivity contribution >= 4 is 23.5 Å². The molecule has 1 heterocycles. The number of hydrogen-bond donors (Lipinski definition) is 0. The standard InChI is InChI=1S/C28H31BrN3O3P/c1-3-34-36(33,4-2)35-21-20-26(29)27-30-22-32(31-27)28(23-14-8-5-9-15-23,24-16-10-6-11-17-24)25-18-12-7-13-19-25/h5-19,22,26H,3-4,20-21H2,1-2H3. The van der Waals surface area contributed by atoms with Crippen LogP contribution in [0.15, 0.2) is 97.3 Å². The summed E-state index contributed by atoms with van der Waals surface area (Å²) in [5.74, 6) is 0.633. The summed E-state index contributed by atoms with van der Waals surface area (Å²) in [7, 11) is -3.06. The molecule has 0 bridgehead atoms. The second-order valence-corrected chi connectivity index (χ2v) is 11.8. The molecule has 0 radical (unpaired) electrons. The molecule has 36 heavy (non-hydrogen) atoms. The van der Waals surface area contributed by atoms with Crippen molar-refractivity contribution in [2.75, 3.05) is 19.4 Å². The highest BCUT2D eigenvalue weighted by Gasteiger charge is 2.40. The molecule has 2 atom stereocenters. The van der Waals surface area contributed by atoms with Gasteiger partial charge in [-0.3, -0.25) is 4.57 Å². The van der Waals surface area contributed by atoms with Gasteiger partial charge in [-0.15, -0.1) is 0 Å². The molecule has 0 N–H and O–H groups in total. The van der Waals surface area contributed by atoms with Crippen LogP contribution in [0.3, 0.4) is 0 Å². The summed E-state index contributed by atoms with van der Waals surface area (Å²) < 4.78 is 25.5. The van der Waals surface area contributed by atoms with Gasteiger partial charge in [-0.25, -0.2) is 9.67 Å². The summed E-state index contributed by atoms with van der Waals surface area (Å²) in [6, 6.07) is 31.0. The maximum absolute atomic E-state index is 12.6. The van der Waals surface area contributed by atoms with Crippen LogP contribution in [0.2, 0.25) is 0 Å². The Labute approximate surface area is 221 Å². The zero-order chi connectivity index (χ0) is 25.4. The highest BCUT2D eigenvalue weighted by atomic mass is 79.9. The summed E-state index contributed by atoms with van der Waals surface area (Å²) in [4.78, 5) is 4.50. The van der Waals surface area contributed by atoms with Gasteiger partial charge in [-0.05, 0) is 30.0 Å². The number of rotatable bonds is 12. The van der Waals surface area contributed by atoms with E-state index < -0.39 is 13.1 Å². The van der Waals surface area contributed by atoms with Crippen molar-refractivity contribution in [1.82, 2.24) is 14.8 Å². The van der Waals surface area contributed by atoms with E-state index in [4.69, 9.17) is 14.1 Å². The largest absolute Gasteiger partial charge is 0.330 e. The molecule has 0 spiro atoms. The topological polar surface area (TPSA) is 66.2 Å². The van der Waals surface area contributed by atoms with Crippen molar-refractivity contribution in [1.29, 1.82) is 0 Å². The molecule has 4 rings (SSSR count). The van der Waals surface area contributed by atoms with Gasteiger partial charge in [0.2, 0.25) is 0 Å². The van der Waals surface area contributed by atoms with Crippen LogP contribution in [0.25, 0.3) is 0 Å². The minimum atomic E-state index is -3.06. The fourth-order valence-corrected chi connectivity index (χ4v) is 5.97. The van der Waals surface area contributed by atoms with Gasteiger partial charge in [-0.2, -0.15) is 5.10 Å². The van der Waals surface area contributed by atoms with Gasteiger partial charge in [0.15, 0.2) is 5.82 Å². The van der Waals surface area contributed by atoms with Crippen molar-refractivity contribution < 1.29 is 13.6 Å². The summed E-state index contributed by atoms with van der Waals surface area (Å²) in [6.07, 6.45) is 2.68. The minimum absolute atomic E-state index is 0.175. The molecule has 0 amide bonds. The maximum Gasteiger partial charge on any atom is 0.330 e. The van der Waals surface area contributed by atoms with Crippen molar-refractivity contribution in [2.45, 2.75) is 30.6 Å². The molecule has 2 unspecified atom stereocenters. The Bertz CT molecular complexity index is 1170. The zero-order valence-corrected chi connectivity index (χ0v) is 23.0. The lowest BCUT2D eigenvalue weighted by molar-refractivity contribution is 0.210. The molecule has 0 saturated heterocycles. The van der Waals surface area contributed by atoms with Gasteiger partial charge < -0.3 is 9.05 Å². The Morgan fingerprint density at radius 1 is 0.861 bits per heavy atom. The maximum atomic E-state index is 12.6. The first-order valence-corrected chi connectivity index (χ1v) is 14.8. The Balaban J connectivity index is 1.72. The van der Waals surface area contributed by atoms with Crippen molar-refractivity contribution in [3.8, 4) is 0 Å². The van der Waals surface area contributed by atoms with Crippen molar-refractivity contribution in [3.63, 3.8) is 0 Å². The molecule has 6 nitrogen and oxygen atoms in total. The Kier molecular flexibility index (Phi) is 8.91. The second kappa shape index (κ2) is 12.1. The van der Waals surface area contributed by atoms with Crippen LogP contribution < -0.4 is 0 Å². The highest BCUT2D eigenvalue weighted by Crippen LogP contribution is 2.48. The van der Waals surface area contributed by atoms with Gasteiger partial charge in [0.25, 0.3) is 0 Å². The summed E-state index contributed by atoms with van der Waals surface area (Å²) >= 11 is 3.71. The average molecular weight is 568 g/mol. The van der Waals surface area contributed by atoms with Crippen LogP contribution in [0, 0.1) is 0 Å². The minimum Gasteiger partial charge on any atom is -0.309 e. The highest BCUT2D eigenvalue weighted by molar-refractivity contribution is 9.09. The fraction of sp³-hybridized carbons (Fsp3) is 0.286. The summed E-state index contributed by atoms with van der Waals surface area (Å²) in [5, 5.41) is 4.99. The lowest BCUT2D eigenvalue weighted by Gasteiger charge is -2.35. The van der Waals surface area contributed by atoms with Crippen LogP contribution >= 0.6 is 23.5 Å². The molecule has 3 aromatic carbocycles. The average Bonchev–Trinajstić information content (AvgIpc) is 3.42. The Morgan fingerprint density at radius 2 is 1.36 bits per heavy atom. The molecule has 8 heteroatoms. The van der Waals surface area contributed by atoms with Gasteiger partial charge in [-0.1, -0.05) is 114 Å². The monoisotopic (exact) mass is 567 g/mol. The smallest absolute Gasteiger partial charge is 0.309 e. The lowest BCUT2D eigenvalue weighted by Crippen LogP contribution is -2.38. The molecule has 188 valence electrons. The normalized spacial score (nSPS) is 14.3. The molecule has 0 saturated carbocycles. The second-order valence-electron chi connectivity index (χ2n) is 8.29. The van der Waals surface area contributed by atoms with E-state index in [2.05, 4.69) is 57.3 Å². The molecule has 4 aromatic rings. The third-order valence-electron chi connectivity index (χ3n) is 6.08. The summed E-state index contributed by atoms with van der Waals surface area (Å²) in [6.45, 7) is 4.25. The van der Waals surface area contributed by atoms with Crippen LogP contribution in [-0.4, -0.2) is 34.1 Å². The Morgan fingerprint density at radius 3 is 1.81 bits per heavy atom. The van der Waals surface area contributed by atoms with E-state index in [-0.39, 0.29) is 11.4 Å². The van der Waals surface area contributed by atoms with E-state index in [0.29, 0.717) is 25.0 Å². The molecule has 0 aliphatic carbocycles. The van der Waals surface area contributed by atoms with Crippen molar-refractivity contribution in [3.05, 3.63) is 120 Å². The van der Waals surface area contributed by atoms with E-state index in [1.807, 2.05) is 73.1 Å². The first-order valence-electron chi connectivity index (χ1n) is 12.1. The van der Waals surface area contributed by atoms with Crippen molar-refractivity contribution in [2.24, 2.45) is 0 Å². The molecule has 0 aliphatic heterocycles. The number of hydrogen-bond acceptors (Lipinski definition) is 5. The van der Waals surface area contributed by atoms with Gasteiger partial charge in [0, 0.05) is 6.16 Å². The summed E-state index contributed by atoms with van der Waals surface area (Å²) in [5.41, 5.74) is 2.52. The van der Waals surface area contributed by atoms with Crippen LogP contribution in [0.4, 0.5) is 0 Å². The predicted molar refractivity (Wildman–Crippen MR) is 147 cm³/mol. The van der Waals surface area contributed by atoms with Crippen LogP contribution in [-0.2, 0) is 19.2 Å². The first-order chi connectivity index (χ1) is 17.5. The van der Waals surface area contributed by atoms with Gasteiger partial charge >= 0.3 is 7.60 Å². The SMILES string of the molecule is CCOP(=O)(CC)OCCC(Br)c1ncn(C(c2ccccc2)(c2ccccc2)c2ccccc2)n1. The van der Waals surface area contributed by atoms with E-state index in [1.54, 1.807) is 6.33 Å². The molecule has 0 fully saturated rings. The number of nitrogens with zero attached hydrogens (tertiary/aromatic N) is 3. The number of halogens is 1. The van der Waals surface area contributed by atoms with Crippen LogP contribution in [0.1, 0.15) is 47.6 Å². The van der Waals surface area contributed by atoms with E-state index in [0.717, 1.165) is 16.7 Å². The van der Waals surface area contributed by atoms with Gasteiger partial charge in [0.05, 0.1) is 18.0 Å². The zero-order valence-electron chi connectivity index (χ0n) is 20.5. The van der Waals surface area contributed by atoms with Gasteiger partial charge in [0.1, 0.15) is 11.9 Å². The number of alkyl halides is 1. The van der Waals surface area contributed by atoms with E-state index in [1.165, 1.54) is 0 Å². The lowest BCUT2D eigenvalue weighted by atomic mass is 9.77. The number of benzene rings is 3. The quantitative estimate of drug-likeness (QED) is 0.103. The molecule has 0 aliphatic rings. The third-order valence-corrected chi connectivity index (χ3v) is 8.95. The van der Waals surface area contributed by atoms with E-state index in [9.17, 15) is 4.57 Å². The first kappa shape index (κ1) is 26.5. The number of aromatic nitrogens is 3. The fourth-order valence-electron chi connectivity index (χ4n) is 4.36. The predicted octanol–water partition coefficient (Wildman–Crippen LogP) is 7.21. The third kappa shape index (κ3) is 5.55.